The summed E-state index contributed by atoms with van der Waals surface area (Å²) in [7, 11) is -5.18. The Kier molecular flexibility index (Phi) is 7.94. The molecule has 0 amide bonds. The lowest BCUT2D eigenvalue weighted by Gasteiger charge is -2.43. The third-order valence-electron chi connectivity index (χ3n) is 6.00. The van der Waals surface area contributed by atoms with Crippen molar-refractivity contribution in [2.24, 2.45) is 5.41 Å². The third kappa shape index (κ3) is 6.81. The summed E-state index contributed by atoms with van der Waals surface area (Å²) in [5, 5.41) is 0.207. The zero-order valence-electron chi connectivity index (χ0n) is 17.1. The monoisotopic (exact) mass is 390 g/mol. The summed E-state index contributed by atoms with van der Waals surface area (Å²) in [5.74, 6) is 0. The molecule has 0 aromatic heterocycles. The average Bonchev–Trinajstić information content (AvgIpc) is 2.44. The van der Waals surface area contributed by atoms with Gasteiger partial charge in [0.2, 0.25) is 0 Å². The van der Waals surface area contributed by atoms with Crippen LogP contribution >= 0.6 is 0 Å². The van der Waals surface area contributed by atoms with Crippen molar-refractivity contribution >= 4 is 18.4 Å². The van der Waals surface area contributed by atoms with Crippen molar-refractivity contribution in [1.29, 1.82) is 0 Å². The second-order valence-corrected chi connectivity index (χ2v) is 15.5. The van der Waals surface area contributed by atoms with Crippen molar-refractivity contribution in [3.05, 3.63) is 12.7 Å². The SMILES string of the molecule is C=CC[C@]1(CCCO[Si](C)(C)C(C)(C)C)CCCCC1OS(C)(=O)=O. The van der Waals surface area contributed by atoms with E-state index in [4.69, 9.17) is 8.61 Å². The molecule has 0 saturated heterocycles. The third-order valence-corrected chi connectivity index (χ3v) is 11.1. The Labute approximate surface area is 156 Å². The fraction of sp³-hybridized carbons (Fsp3) is 0.895. The van der Waals surface area contributed by atoms with Crippen molar-refractivity contribution < 1.29 is 17.0 Å². The van der Waals surface area contributed by atoms with Gasteiger partial charge >= 0.3 is 0 Å². The van der Waals surface area contributed by atoms with Crippen molar-refractivity contribution in [1.82, 2.24) is 0 Å². The molecule has 1 aliphatic carbocycles. The highest BCUT2D eigenvalue weighted by molar-refractivity contribution is 7.86. The van der Waals surface area contributed by atoms with Crippen LogP contribution in [0, 0.1) is 5.41 Å². The minimum Gasteiger partial charge on any atom is -0.417 e. The highest BCUT2D eigenvalue weighted by Gasteiger charge is 2.42. The zero-order valence-corrected chi connectivity index (χ0v) is 18.9. The molecule has 0 aliphatic heterocycles. The molecule has 0 heterocycles. The molecule has 25 heavy (non-hydrogen) atoms. The summed E-state index contributed by atoms with van der Waals surface area (Å²) < 4.78 is 35.2. The second-order valence-electron chi connectivity index (χ2n) is 9.10. The van der Waals surface area contributed by atoms with Crippen LogP contribution in [0.5, 0.6) is 0 Å². The maximum Gasteiger partial charge on any atom is 0.264 e. The van der Waals surface area contributed by atoms with E-state index in [9.17, 15) is 8.42 Å². The first-order chi connectivity index (χ1) is 11.3. The summed E-state index contributed by atoms with van der Waals surface area (Å²) >= 11 is 0. The fourth-order valence-corrected chi connectivity index (χ4v) is 5.32. The largest absolute Gasteiger partial charge is 0.417 e. The van der Waals surface area contributed by atoms with E-state index in [1.54, 1.807) is 0 Å². The molecule has 0 radical (unpaired) electrons. The highest BCUT2D eigenvalue weighted by atomic mass is 32.2. The standard InChI is InChI=1S/C19H38O4SSi/c1-8-13-19(14-10-9-12-17(19)23-24(5,20)21)15-11-16-22-25(6,7)18(2,3)4/h8,17H,1,9-16H2,2-7H3/t17?,19-/m1/s1. The summed E-state index contributed by atoms with van der Waals surface area (Å²) in [5.41, 5.74) is -0.125. The molecular formula is C19H38O4SSi. The van der Waals surface area contributed by atoms with Gasteiger partial charge in [-0.2, -0.15) is 8.42 Å². The van der Waals surface area contributed by atoms with Gasteiger partial charge in [0, 0.05) is 12.0 Å². The molecule has 0 N–H and O–H groups in total. The Bertz CT molecular complexity index is 536. The Morgan fingerprint density at radius 2 is 1.92 bits per heavy atom. The fourth-order valence-electron chi connectivity index (χ4n) is 3.51. The Morgan fingerprint density at radius 3 is 2.44 bits per heavy atom. The van der Waals surface area contributed by atoms with Crippen LogP contribution in [-0.2, 0) is 18.7 Å². The molecule has 4 nitrogen and oxygen atoms in total. The smallest absolute Gasteiger partial charge is 0.264 e. The molecule has 2 atom stereocenters. The Hall–Kier alpha value is -0.173. The van der Waals surface area contributed by atoms with Crippen LogP contribution in [-0.4, -0.2) is 35.7 Å². The van der Waals surface area contributed by atoms with E-state index in [0.29, 0.717) is 0 Å². The topological polar surface area (TPSA) is 52.6 Å². The second kappa shape index (κ2) is 8.68. The van der Waals surface area contributed by atoms with E-state index in [2.05, 4.69) is 40.4 Å². The molecule has 6 heteroatoms. The number of hydrogen-bond acceptors (Lipinski definition) is 4. The quantitative estimate of drug-likeness (QED) is 0.233. The first kappa shape index (κ1) is 22.9. The van der Waals surface area contributed by atoms with E-state index in [0.717, 1.165) is 57.8 Å². The predicted molar refractivity (Wildman–Crippen MR) is 108 cm³/mol. The molecule has 1 aliphatic rings. The van der Waals surface area contributed by atoms with E-state index in [-0.39, 0.29) is 16.6 Å². The molecular weight excluding hydrogens is 352 g/mol. The molecule has 0 bridgehead atoms. The lowest BCUT2D eigenvalue weighted by atomic mass is 9.67. The number of hydrogen-bond donors (Lipinski definition) is 0. The predicted octanol–water partition coefficient (Wildman–Crippen LogP) is 5.27. The van der Waals surface area contributed by atoms with E-state index in [1.165, 1.54) is 0 Å². The summed E-state index contributed by atoms with van der Waals surface area (Å²) in [6.45, 7) is 15.9. The molecule has 1 rings (SSSR count). The van der Waals surface area contributed by atoms with Gasteiger partial charge in [-0.15, -0.1) is 6.58 Å². The molecule has 1 saturated carbocycles. The van der Waals surface area contributed by atoms with Gasteiger partial charge in [-0.25, -0.2) is 0 Å². The first-order valence-electron chi connectivity index (χ1n) is 9.46. The normalized spacial score (nSPS) is 25.8. The first-order valence-corrected chi connectivity index (χ1v) is 14.2. The maximum absolute atomic E-state index is 11.7. The van der Waals surface area contributed by atoms with Crippen LogP contribution in [0.15, 0.2) is 12.7 Å². The molecule has 0 aromatic rings. The lowest BCUT2D eigenvalue weighted by Crippen LogP contribution is -2.42. The Balaban J connectivity index is 2.75. The van der Waals surface area contributed by atoms with E-state index in [1.807, 2.05) is 6.08 Å². The minimum atomic E-state index is -3.44. The van der Waals surface area contributed by atoms with Crippen molar-refractivity contribution in [2.75, 3.05) is 12.9 Å². The van der Waals surface area contributed by atoms with Gasteiger partial charge in [-0.05, 0) is 50.2 Å². The average molecular weight is 391 g/mol. The summed E-state index contributed by atoms with van der Waals surface area (Å²) in [4.78, 5) is 0. The van der Waals surface area contributed by atoms with Gasteiger partial charge in [-0.3, -0.25) is 4.18 Å². The van der Waals surface area contributed by atoms with Crippen molar-refractivity contribution in [3.63, 3.8) is 0 Å². The van der Waals surface area contributed by atoms with Crippen LogP contribution in [0.2, 0.25) is 18.1 Å². The summed E-state index contributed by atoms with van der Waals surface area (Å²) in [6.07, 6.45) is 9.45. The molecule has 0 spiro atoms. The van der Waals surface area contributed by atoms with Gasteiger partial charge in [0.25, 0.3) is 10.1 Å². The van der Waals surface area contributed by atoms with Gasteiger partial charge in [0.05, 0.1) is 12.4 Å². The van der Waals surface area contributed by atoms with Gasteiger partial charge < -0.3 is 4.43 Å². The maximum atomic E-state index is 11.7. The van der Waals surface area contributed by atoms with Crippen LogP contribution in [0.1, 0.15) is 65.7 Å². The van der Waals surface area contributed by atoms with Crippen LogP contribution in [0.3, 0.4) is 0 Å². The molecule has 0 aromatic carbocycles. The van der Waals surface area contributed by atoms with E-state index >= 15 is 0 Å². The molecule has 148 valence electrons. The van der Waals surface area contributed by atoms with E-state index < -0.39 is 18.4 Å². The molecule has 1 fully saturated rings. The van der Waals surface area contributed by atoms with Crippen LogP contribution in [0.25, 0.3) is 0 Å². The zero-order chi connectivity index (χ0) is 19.4. The van der Waals surface area contributed by atoms with Crippen molar-refractivity contribution in [2.45, 2.75) is 90.0 Å². The highest BCUT2D eigenvalue weighted by Crippen LogP contribution is 2.46. The van der Waals surface area contributed by atoms with Crippen LogP contribution in [0.4, 0.5) is 0 Å². The molecule has 1 unspecified atom stereocenters. The van der Waals surface area contributed by atoms with Gasteiger partial charge in [0.1, 0.15) is 0 Å². The van der Waals surface area contributed by atoms with Crippen molar-refractivity contribution in [3.8, 4) is 0 Å². The van der Waals surface area contributed by atoms with Crippen LogP contribution < -0.4 is 0 Å². The van der Waals surface area contributed by atoms with Gasteiger partial charge in [-0.1, -0.05) is 39.7 Å². The number of allylic oxidation sites excluding steroid dienone is 1. The van der Waals surface area contributed by atoms with Gasteiger partial charge in [0.15, 0.2) is 8.32 Å². The number of rotatable bonds is 9. The Morgan fingerprint density at radius 1 is 1.28 bits per heavy atom. The lowest BCUT2D eigenvalue weighted by molar-refractivity contribution is 0.00332. The summed E-state index contributed by atoms with van der Waals surface area (Å²) in [6, 6.07) is 0. The minimum absolute atomic E-state index is 0.125.